The van der Waals surface area contributed by atoms with Crippen LogP contribution in [0.1, 0.15) is 24.6 Å². The molecule has 4 nitrogen and oxygen atoms in total. The third-order valence-electron chi connectivity index (χ3n) is 4.51. The highest BCUT2D eigenvalue weighted by Crippen LogP contribution is 2.31. The molecule has 3 aromatic rings. The number of ether oxygens (including phenoxy) is 1. The largest absolute Gasteiger partial charge is 0.497 e. The highest BCUT2D eigenvalue weighted by molar-refractivity contribution is 5.82. The summed E-state index contributed by atoms with van der Waals surface area (Å²) in [5, 5.41) is 0. The second-order valence-electron chi connectivity index (χ2n) is 6.11. The lowest BCUT2D eigenvalue weighted by Crippen LogP contribution is -2.10. The summed E-state index contributed by atoms with van der Waals surface area (Å²) < 4.78 is 5.20. The predicted octanol–water partition coefficient (Wildman–Crippen LogP) is 3.76. The van der Waals surface area contributed by atoms with Gasteiger partial charge in [0.25, 0.3) is 0 Å². The second-order valence-corrected chi connectivity index (χ2v) is 6.11. The molecule has 0 amide bonds. The van der Waals surface area contributed by atoms with E-state index in [2.05, 4.69) is 16.9 Å². The predicted molar refractivity (Wildman–Crippen MR) is 87.1 cm³/mol. The molecule has 1 aliphatic carbocycles. The molecule has 1 atom stereocenters. The van der Waals surface area contributed by atoms with E-state index in [4.69, 9.17) is 9.72 Å². The van der Waals surface area contributed by atoms with Gasteiger partial charge in [-0.25, -0.2) is 9.97 Å². The number of hydrogen-bond donors (Lipinski definition) is 1. The van der Waals surface area contributed by atoms with Crippen molar-refractivity contribution in [2.24, 2.45) is 5.92 Å². The Kier molecular flexibility index (Phi) is 3.10. The van der Waals surface area contributed by atoms with Gasteiger partial charge in [0.2, 0.25) is 0 Å². The van der Waals surface area contributed by atoms with Gasteiger partial charge in [-0.1, -0.05) is 6.92 Å². The van der Waals surface area contributed by atoms with Crippen molar-refractivity contribution in [1.82, 2.24) is 15.0 Å². The molecule has 1 unspecified atom stereocenters. The quantitative estimate of drug-likeness (QED) is 0.782. The van der Waals surface area contributed by atoms with E-state index in [1.54, 1.807) is 7.11 Å². The van der Waals surface area contributed by atoms with Gasteiger partial charge in [0.05, 0.1) is 24.3 Å². The lowest BCUT2D eigenvalue weighted by atomic mass is 9.89. The molecule has 0 aliphatic heterocycles. The zero-order chi connectivity index (χ0) is 15.1. The average Bonchev–Trinajstić information content (AvgIpc) is 2.92. The molecule has 4 rings (SSSR count). The van der Waals surface area contributed by atoms with E-state index in [0.29, 0.717) is 0 Å². The normalized spacial score (nSPS) is 17.5. The molecule has 0 bridgehead atoms. The van der Waals surface area contributed by atoms with Crippen molar-refractivity contribution in [3.63, 3.8) is 0 Å². The first-order valence-electron chi connectivity index (χ1n) is 7.75. The van der Waals surface area contributed by atoms with Gasteiger partial charge >= 0.3 is 0 Å². The average molecular weight is 293 g/mol. The zero-order valence-corrected chi connectivity index (χ0v) is 12.9. The Morgan fingerprint density at radius 3 is 2.82 bits per heavy atom. The second kappa shape index (κ2) is 5.13. The third kappa shape index (κ3) is 2.15. The van der Waals surface area contributed by atoms with Crippen molar-refractivity contribution in [3.05, 3.63) is 41.7 Å². The molecule has 4 heteroatoms. The Bertz CT molecular complexity index is 820. The summed E-state index contributed by atoms with van der Waals surface area (Å²) in [6.45, 7) is 2.31. The summed E-state index contributed by atoms with van der Waals surface area (Å²) in [5.41, 5.74) is 5.88. The maximum Gasteiger partial charge on any atom is 0.159 e. The topological polar surface area (TPSA) is 50.8 Å². The maximum atomic E-state index is 5.20. The molecular weight excluding hydrogens is 274 g/mol. The van der Waals surface area contributed by atoms with Gasteiger partial charge in [-0.05, 0) is 55.0 Å². The van der Waals surface area contributed by atoms with Crippen molar-refractivity contribution in [3.8, 4) is 17.1 Å². The van der Waals surface area contributed by atoms with E-state index in [-0.39, 0.29) is 0 Å². The third-order valence-corrected chi connectivity index (χ3v) is 4.51. The van der Waals surface area contributed by atoms with Crippen LogP contribution >= 0.6 is 0 Å². The standard InChI is InChI=1S/C18H19N3O/c1-11-3-8-15-14(9-11)17-16(20-15)10-19-18(21-17)12-4-6-13(22-2)7-5-12/h4-7,10-11,20H,3,8-9H2,1-2H3. The number of hydrogen-bond acceptors (Lipinski definition) is 3. The molecule has 112 valence electrons. The minimum atomic E-state index is 0.728. The van der Waals surface area contributed by atoms with E-state index in [9.17, 15) is 0 Å². The molecule has 0 fully saturated rings. The van der Waals surface area contributed by atoms with Crippen molar-refractivity contribution in [1.29, 1.82) is 0 Å². The van der Waals surface area contributed by atoms with Crippen molar-refractivity contribution in [2.45, 2.75) is 26.2 Å². The van der Waals surface area contributed by atoms with Crippen LogP contribution in [0.5, 0.6) is 5.75 Å². The Morgan fingerprint density at radius 2 is 2.05 bits per heavy atom. The summed E-state index contributed by atoms with van der Waals surface area (Å²) in [5.74, 6) is 2.35. The monoisotopic (exact) mass is 293 g/mol. The van der Waals surface area contributed by atoms with Crippen molar-refractivity contribution < 1.29 is 4.74 Å². The van der Waals surface area contributed by atoms with Crippen LogP contribution in [0, 0.1) is 5.92 Å². The molecule has 1 aliphatic rings. The molecule has 1 N–H and O–H groups in total. The molecule has 0 radical (unpaired) electrons. The van der Waals surface area contributed by atoms with Crippen LogP contribution in [0.4, 0.5) is 0 Å². The Balaban J connectivity index is 1.80. The van der Waals surface area contributed by atoms with Crippen LogP contribution in [-0.4, -0.2) is 22.1 Å². The fourth-order valence-electron chi connectivity index (χ4n) is 3.24. The smallest absolute Gasteiger partial charge is 0.159 e. The van der Waals surface area contributed by atoms with Crippen molar-refractivity contribution >= 4 is 11.0 Å². The van der Waals surface area contributed by atoms with Crippen LogP contribution in [0.25, 0.3) is 22.4 Å². The Morgan fingerprint density at radius 1 is 1.23 bits per heavy atom. The first kappa shape index (κ1) is 13.3. The molecule has 0 saturated heterocycles. The maximum absolute atomic E-state index is 5.20. The lowest BCUT2D eigenvalue weighted by molar-refractivity contribution is 0.415. The molecule has 0 saturated carbocycles. The number of H-pyrrole nitrogens is 1. The van der Waals surface area contributed by atoms with Crippen LogP contribution in [0.15, 0.2) is 30.5 Å². The number of fused-ring (bicyclic) bond motifs is 3. The van der Waals surface area contributed by atoms with Gasteiger partial charge < -0.3 is 9.72 Å². The van der Waals surface area contributed by atoms with E-state index >= 15 is 0 Å². The highest BCUT2D eigenvalue weighted by atomic mass is 16.5. The van der Waals surface area contributed by atoms with E-state index in [1.807, 2.05) is 30.5 Å². The first-order chi connectivity index (χ1) is 10.7. The van der Waals surface area contributed by atoms with Crippen LogP contribution in [-0.2, 0) is 12.8 Å². The van der Waals surface area contributed by atoms with Gasteiger partial charge in [-0.2, -0.15) is 0 Å². The number of aryl methyl sites for hydroxylation is 1. The minimum Gasteiger partial charge on any atom is -0.497 e. The van der Waals surface area contributed by atoms with E-state index in [1.165, 1.54) is 17.7 Å². The van der Waals surface area contributed by atoms with Crippen molar-refractivity contribution in [2.75, 3.05) is 7.11 Å². The summed E-state index contributed by atoms with van der Waals surface area (Å²) in [4.78, 5) is 12.8. The minimum absolute atomic E-state index is 0.728. The Labute approximate surface area is 129 Å². The number of rotatable bonds is 2. The molecule has 22 heavy (non-hydrogen) atoms. The van der Waals surface area contributed by atoms with Crippen LogP contribution in [0.2, 0.25) is 0 Å². The van der Waals surface area contributed by atoms with Crippen LogP contribution in [0.3, 0.4) is 0 Å². The summed E-state index contributed by atoms with van der Waals surface area (Å²) in [7, 11) is 1.67. The number of nitrogens with zero attached hydrogens (tertiary/aromatic N) is 2. The molecule has 1 aromatic carbocycles. The molecule has 2 aromatic heterocycles. The fraction of sp³-hybridized carbons (Fsp3) is 0.333. The van der Waals surface area contributed by atoms with Crippen LogP contribution < -0.4 is 4.74 Å². The molecule has 2 heterocycles. The van der Waals surface area contributed by atoms with E-state index in [0.717, 1.165) is 46.9 Å². The van der Waals surface area contributed by atoms with Gasteiger partial charge in [-0.3, -0.25) is 0 Å². The van der Waals surface area contributed by atoms with Gasteiger partial charge in [0.15, 0.2) is 5.82 Å². The fourth-order valence-corrected chi connectivity index (χ4v) is 3.24. The lowest BCUT2D eigenvalue weighted by Gasteiger charge is -2.17. The summed E-state index contributed by atoms with van der Waals surface area (Å²) in [6.07, 6.45) is 5.38. The molecular formula is C18H19N3O. The van der Waals surface area contributed by atoms with Gasteiger partial charge in [0.1, 0.15) is 5.75 Å². The number of aromatic amines is 1. The zero-order valence-electron chi connectivity index (χ0n) is 12.9. The first-order valence-corrected chi connectivity index (χ1v) is 7.75. The Hall–Kier alpha value is -2.36. The number of benzene rings is 1. The number of aromatic nitrogens is 3. The SMILES string of the molecule is COc1ccc(-c2ncc3[nH]c4c(c3n2)CC(C)CC4)cc1. The van der Waals surface area contributed by atoms with E-state index < -0.39 is 0 Å². The highest BCUT2D eigenvalue weighted by Gasteiger charge is 2.21. The van der Waals surface area contributed by atoms with Gasteiger partial charge in [0, 0.05) is 11.3 Å². The van der Waals surface area contributed by atoms with Gasteiger partial charge in [-0.15, -0.1) is 0 Å². The summed E-state index contributed by atoms with van der Waals surface area (Å²) in [6, 6.07) is 7.89. The summed E-state index contributed by atoms with van der Waals surface area (Å²) >= 11 is 0. The molecule has 0 spiro atoms. The number of methoxy groups -OCH3 is 1. The number of nitrogens with one attached hydrogen (secondary N) is 1.